The minimum absolute atomic E-state index is 0.0106. The second-order valence-corrected chi connectivity index (χ2v) is 10.8. The number of hydrogen-bond acceptors (Lipinski definition) is 8. The predicted octanol–water partition coefficient (Wildman–Crippen LogP) is 4.87. The summed E-state index contributed by atoms with van der Waals surface area (Å²) in [5, 5.41) is 20.9. The van der Waals surface area contributed by atoms with E-state index < -0.39 is 11.5 Å². The maximum Gasteiger partial charge on any atom is 0.279 e. The zero-order valence-electron chi connectivity index (χ0n) is 23.1. The van der Waals surface area contributed by atoms with Gasteiger partial charge in [-0.15, -0.1) is 0 Å². The highest BCUT2D eigenvalue weighted by Crippen LogP contribution is 2.41. The van der Waals surface area contributed by atoms with Crippen molar-refractivity contribution in [3.05, 3.63) is 86.5 Å². The highest BCUT2D eigenvalue weighted by Gasteiger charge is 2.24. The number of aromatic nitrogens is 4. The molecule has 42 heavy (non-hydrogen) atoms. The summed E-state index contributed by atoms with van der Waals surface area (Å²) in [5.74, 6) is -0.247. The first-order valence-corrected chi connectivity index (χ1v) is 14.3. The molecule has 3 N–H and O–H groups in total. The number of anilines is 1. The van der Waals surface area contributed by atoms with Crippen LogP contribution in [0.1, 0.15) is 41.7 Å². The van der Waals surface area contributed by atoms with Crippen LogP contribution in [-0.2, 0) is 13.6 Å². The lowest BCUT2D eigenvalue weighted by Gasteiger charge is -2.28. The zero-order chi connectivity index (χ0) is 29.8. The molecule has 218 valence electrons. The average Bonchev–Trinajstić information content (AvgIpc) is 2.99. The van der Waals surface area contributed by atoms with Gasteiger partial charge in [-0.25, -0.2) is 9.67 Å². The van der Waals surface area contributed by atoms with Gasteiger partial charge in [0.05, 0.1) is 40.8 Å². The highest BCUT2D eigenvalue weighted by atomic mass is 35.5. The smallest absolute Gasteiger partial charge is 0.279 e. The summed E-state index contributed by atoms with van der Waals surface area (Å²) in [6, 6.07) is 12.0. The first-order chi connectivity index (χ1) is 20.3. The molecule has 2 aromatic heterocycles. The number of hydrogen-bond donors (Lipinski definition) is 3. The maximum absolute atomic E-state index is 12.9. The number of ether oxygens (including phenoxy) is 1. The summed E-state index contributed by atoms with van der Waals surface area (Å²) in [6.07, 6.45) is 6.45. The van der Waals surface area contributed by atoms with E-state index in [1.807, 2.05) is 18.2 Å². The Labute approximate surface area is 252 Å². The van der Waals surface area contributed by atoms with E-state index in [1.165, 1.54) is 26.4 Å². The number of benzene rings is 2. The molecule has 0 spiro atoms. The van der Waals surface area contributed by atoms with Crippen LogP contribution in [0.25, 0.3) is 22.4 Å². The third-order valence-corrected chi connectivity index (χ3v) is 8.14. The minimum atomic E-state index is -0.605. The molecule has 12 heteroatoms. The van der Waals surface area contributed by atoms with Crippen LogP contribution in [0.2, 0.25) is 10.0 Å². The van der Waals surface area contributed by atoms with Crippen LogP contribution in [-0.4, -0.2) is 50.0 Å². The SMILES string of the molecule is COc1nc(-c2cccc(-c3cccc(NC(=O)c4ccnn(C)c4=O)c3Cl)c2Cl)cnc1CNC1CCCC[C@@H]1O. The lowest BCUT2D eigenvalue weighted by molar-refractivity contribution is 0.0899. The van der Waals surface area contributed by atoms with E-state index in [1.54, 1.807) is 24.4 Å². The van der Waals surface area contributed by atoms with Gasteiger partial charge in [-0.05, 0) is 25.0 Å². The van der Waals surface area contributed by atoms with Gasteiger partial charge < -0.3 is 20.5 Å². The van der Waals surface area contributed by atoms with Gasteiger partial charge in [0.15, 0.2) is 0 Å². The van der Waals surface area contributed by atoms with Crippen molar-refractivity contribution in [2.75, 3.05) is 12.4 Å². The van der Waals surface area contributed by atoms with E-state index in [9.17, 15) is 14.7 Å². The number of methoxy groups -OCH3 is 1. The molecule has 2 atom stereocenters. The van der Waals surface area contributed by atoms with Gasteiger partial charge in [0.1, 0.15) is 11.3 Å². The molecule has 0 saturated heterocycles. The normalized spacial score (nSPS) is 16.7. The van der Waals surface area contributed by atoms with Gasteiger partial charge in [0.2, 0.25) is 5.88 Å². The molecule has 5 rings (SSSR count). The molecule has 2 heterocycles. The lowest BCUT2D eigenvalue weighted by Crippen LogP contribution is -2.41. The zero-order valence-corrected chi connectivity index (χ0v) is 24.6. The summed E-state index contributed by atoms with van der Waals surface area (Å²) >= 11 is 13.7. The van der Waals surface area contributed by atoms with Crippen LogP contribution in [0, 0.1) is 0 Å². The number of nitrogens with one attached hydrogen (secondary N) is 2. The number of carbonyl (C=O) groups excluding carboxylic acids is 1. The van der Waals surface area contributed by atoms with Gasteiger partial charge in [0.25, 0.3) is 11.5 Å². The molecule has 2 aromatic carbocycles. The Hall–Kier alpha value is -3.83. The minimum Gasteiger partial charge on any atom is -0.480 e. The molecule has 1 saturated carbocycles. The van der Waals surface area contributed by atoms with Gasteiger partial charge in [-0.1, -0.05) is 66.4 Å². The third kappa shape index (κ3) is 6.17. The monoisotopic (exact) mass is 608 g/mol. The van der Waals surface area contributed by atoms with Gasteiger partial charge in [-0.3, -0.25) is 14.6 Å². The Bertz CT molecular complexity index is 1680. The Morgan fingerprint density at radius 3 is 2.55 bits per heavy atom. The summed E-state index contributed by atoms with van der Waals surface area (Å²) in [4.78, 5) is 34.4. The van der Waals surface area contributed by atoms with Crippen LogP contribution in [0.4, 0.5) is 5.69 Å². The van der Waals surface area contributed by atoms with Crippen molar-refractivity contribution in [2.45, 2.75) is 44.4 Å². The number of amides is 1. The van der Waals surface area contributed by atoms with E-state index >= 15 is 0 Å². The van der Waals surface area contributed by atoms with Crippen molar-refractivity contribution in [2.24, 2.45) is 7.05 Å². The first-order valence-electron chi connectivity index (χ1n) is 13.5. The predicted molar refractivity (Wildman–Crippen MR) is 162 cm³/mol. The van der Waals surface area contributed by atoms with Crippen LogP contribution in [0.15, 0.2) is 59.7 Å². The van der Waals surface area contributed by atoms with Crippen LogP contribution in [0.3, 0.4) is 0 Å². The topological polar surface area (TPSA) is 131 Å². The van der Waals surface area contributed by atoms with Gasteiger partial charge in [0, 0.05) is 42.5 Å². The largest absolute Gasteiger partial charge is 0.480 e. The molecule has 0 bridgehead atoms. The number of aryl methyl sites for hydroxylation is 1. The molecule has 1 amide bonds. The lowest BCUT2D eigenvalue weighted by atomic mass is 9.92. The standard InChI is InChI=1S/C30H30Cl2N6O4/c1-38-30(41)20(13-14-35-38)28(40)36-22-11-6-8-18(27(22)32)17-7-5-9-19(26(17)31)23-15-34-24(29(37-23)42-2)16-33-21-10-3-4-12-25(21)39/h5-9,11,13-15,21,25,33,39H,3-4,10,12,16H2,1-2H3,(H,36,40)/t21?,25-/m0/s1. The molecular weight excluding hydrogens is 579 g/mol. The summed E-state index contributed by atoms with van der Waals surface area (Å²) < 4.78 is 6.63. The fourth-order valence-electron chi connectivity index (χ4n) is 5.03. The maximum atomic E-state index is 12.9. The average molecular weight is 610 g/mol. The fourth-order valence-corrected chi connectivity index (χ4v) is 5.63. The van der Waals surface area contributed by atoms with Crippen molar-refractivity contribution in [1.29, 1.82) is 0 Å². The molecule has 0 radical (unpaired) electrons. The molecule has 1 fully saturated rings. The van der Waals surface area contributed by atoms with Crippen molar-refractivity contribution in [1.82, 2.24) is 25.1 Å². The van der Waals surface area contributed by atoms with Crippen LogP contribution < -0.4 is 20.9 Å². The van der Waals surface area contributed by atoms with Crippen molar-refractivity contribution in [3.63, 3.8) is 0 Å². The molecule has 1 aliphatic rings. The van der Waals surface area contributed by atoms with Crippen LogP contribution >= 0.6 is 23.2 Å². The number of aliphatic hydroxyl groups excluding tert-OH is 1. The van der Waals surface area contributed by atoms with Crippen LogP contribution in [0.5, 0.6) is 5.88 Å². The van der Waals surface area contributed by atoms with E-state index in [4.69, 9.17) is 27.9 Å². The number of carbonyl (C=O) groups is 1. The fraction of sp³-hybridized carbons (Fsp3) is 0.300. The summed E-state index contributed by atoms with van der Waals surface area (Å²) in [7, 11) is 3.00. The van der Waals surface area contributed by atoms with Crippen molar-refractivity contribution >= 4 is 34.8 Å². The third-order valence-electron chi connectivity index (χ3n) is 7.33. The number of nitrogens with zero attached hydrogens (tertiary/aromatic N) is 4. The number of aliphatic hydroxyl groups is 1. The molecular formula is C30H30Cl2N6O4. The Morgan fingerprint density at radius 1 is 1.07 bits per heavy atom. The summed E-state index contributed by atoms with van der Waals surface area (Å²) in [5.41, 5.74) is 2.69. The Kier molecular flexibility index (Phi) is 9.18. The molecule has 4 aromatic rings. The van der Waals surface area contributed by atoms with Crippen molar-refractivity contribution in [3.8, 4) is 28.3 Å². The molecule has 0 aliphatic heterocycles. The number of halogens is 2. The Balaban J connectivity index is 1.41. The number of rotatable bonds is 8. The van der Waals surface area contributed by atoms with E-state index in [-0.39, 0.29) is 22.7 Å². The van der Waals surface area contributed by atoms with Gasteiger partial charge >= 0.3 is 0 Å². The molecule has 1 unspecified atom stereocenters. The van der Waals surface area contributed by atoms with Gasteiger partial charge in [-0.2, -0.15) is 5.10 Å². The second kappa shape index (κ2) is 13.0. The Morgan fingerprint density at radius 2 is 1.79 bits per heavy atom. The van der Waals surface area contributed by atoms with E-state index in [2.05, 4.69) is 25.7 Å². The van der Waals surface area contributed by atoms with Crippen molar-refractivity contribution < 1.29 is 14.6 Å². The van der Waals surface area contributed by atoms with E-state index in [0.29, 0.717) is 51.2 Å². The second-order valence-electron chi connectivity index (χ2n) is 10.0. The summed E-state index contributed by atoms with van der Waals surface area (Å²) in [6.45, 7) is 0.408. The highest BCUT2D eigenvalue weighted by molar-refractivity contribution is 6.39. The quantitative estimate of drug-likeness (QED) is 0.258. The first kappa shape index (κ1) is 29.7. The molecule has 1 aliphatic carbocycles. The van der Waals surface area contributed by atoms with E-state index in [0.717, 1.165) is 30.4 Å². The molecule has 10 nitrogen and oxygen atoms in total.